The molecule has 1 rings (SSSR count). The fraction of sp³-hybridized carbons (Fsp3) is 1.00. The van der Waals surface area contributed by atoms with Gasteiger partial charge in [0.05, 0.1) is 5.22 Å². The molecule has 1 aliphatic rings. The highest BCUT2D eigenvalue weighted by Gasteiger charge is 2.20. The average molecular weight is 115 g/mol. The zero-order valence-corrected chi connectivity index (χ0v) is 5.18. The van der Waals surface area contributed by atoms with E-state index in [0.29, 0.717) is 6.17 Å². The van der Waals surface area contributed by atoms with Crippen LogP contribution in [0.2, 0.25) is 0 Å². The largest absolute Gasteiger partial charge is 0.201 e. The lowest BCUT2D eigenvalue weighted by atomic mass is 10.5. The lowest BCUT2D eigenvalue weighted by Gasteiger charge is -2.06. The van der Waals surface area contributed by atoms with Crippen molar-refractivity contribution in [3.8, 4) is 0 Å². The Labute approximate surface area is 48.5 Å². The van der Waals surface area contributed by atoms with Crippen LogP contribution in [0.5, 0.6) is 0 Å². The van der Waals surface area contributed by atoms with Crippen LogP contribution in [0.25, 0.3) is 0 Å². The molecular formula is C4H11N4+. The highest BCUT2D eigenvalue weighted by Crippen LogP contribution is 1.85. The van der Waals surface area contributed by atoms with Crippen LogP contribution in [0.15, 0.2) is 5.22 Å². The van der Waals surface area contributed by atoms with Crippen LogP contribution in [0.1, 0.15) is 13.8 Å². The summed E-state index contributed by atoms with van der Waals surface area (Å²) >= 11 is 0. The summed E-state index contributed by atoms with van der Waals surface area (Å²) < 4.78 is 0. The molecule has 0 radical (unpaired) electrons. The van der Waals surface area contributed by atoms with Gasteiger partial charge in [-0.2, -0.15) is 5.11 Å². The van der Waals surface area contributed by atoms with Crippen LogP contribution in [-0.2, 0) is 0 Å². The van der Waals surface area contributed by atoms with Gasteiger partial charge in [0.1, 0.15) is 0 Å². The molecule has 0 aromatic heterocycles. The third-order valence-corrected chi connectivity index (χ3v) is 1.24. The Bertz CT molecular complexity index is 100. The van der Waals surface area contributed by atoms with E-state index < -0.39 is 0 Å². The minimum Gasteiger partial charge on any atom is -0.161 e. The van der Waals surface area contributed by atoms with Crippen LogP contribution in [-0.4, -0.2) is 17.7 Å². The maximum absolute atomic E-state index is 3.74. The molecule has 46 valence electrons. The predicted molar refractivity (Wildman–Crippen MR) is 28.4 cm³/mol. The van der Waals surface area contributed by atoms with E-state index in [-0.39, 0.29) is 0 Å². The van der Waals surface area contributed by atoms with Crippen LogP contribution >= 0.6 is 0 Å². The minimum atomic E-state index is 0.333. The van der Waals surface area contributed by atoms with E-state index in [4.69, 9.17) is 0 Å². The normalized spacial score (nSPS) is 28.5. The number of hydrogen-bond donors (Lipinski definition) is 2. The molecule has 4 nitrogen and oxygen atoms in total. The molecule has 2 N–H and O–H groups in total. The topological polar surface area (TPSA) is 41.6 Å². The fourth-order valence-corrected chi connectivity index (χ4v) is 0.687. The van der Waals surface area contributed by atoms with Gasteiger partial charge in [0.2, 0.25) is 6.17 Å². The molecule has 0 bridgehead atoms. The van der Waals surface area contributed by atoms with Gasteiger partial charge in [-0.1, -0.05) is 10.5 Å². The van der Waals surface area contributed by atoms with E-state index in [1.54, 1.807) is 0 Å². The first-order valence-corrected chi connectivity index (χ1v) is 2.82. The lowest BCUT2D eigenvalue weighted by Crippen LogP contribution is -2.73. The van der Waals surface area contributed by atoms with Gasteiger partial charge in [-0.15, -0.1) is 0 Å². The molecule has 0 spiro atoms. The summed E-state index contributed by atoms with van der Waals surface area (Å²) in [7, 11) is 0. The van der Waals surface area contributed by atoms with Gasteiger partial charge in [0.15, 0.2) is 0 Å². The van der Waals surface area contributed by atoms with Crippen molar-refractivity contribution >= 4 is 0 Å². The summed E-state index contributed by atoms with van der Waals surface area (Å²) in [6, 6.07) is 0. The molecule has 1 unspecified atom stereocenters. The number of nitrogens with one attached hydrogen (secondary N) is 2. The molecule has 0 aliphatic carbocycles. The van der Waals surface area contributed by atoms with Gasteiger partial charge in [-0.05, 0) is 13.8 Å². The molecule has 0 saturated carbocycles. The monoisotopic (exact) mass is 115 g/mol. The Morgan fingerprint density at radius 2 is 2.62 bits per heavy atom. The molecule has 1 aliphatic heterocycles. The van der Waals surface area contributed by atoms with Crippen molar-refractivity contribution in [3.63, 3.8) is 0 Å². The Kier molecular flexibility index (Phi) is 1.43. The smallest absolute Gasteiger partial charge is 0.161 e. The van der Waals surface area contributed by atoms with Crippen molar-refractivity contribution in [2.45, 2.75) is 20.0 Å². The van der Waals surface area contributed by atoms with Crippen molar-refractivity contribution in [1.82, 2.24) is 10.5 Å². The summed E-state index contributed by atoms with van der Waals surface area (Å²) in [6.45, 7) is 5.09. The van der Waals surface area contributed by atoms with Gasteiger partial charge in [-0.25, -0.2) is 0 Å². The highest BCUT2D eigenvalue weighted by atomic mass is 15.8. The van der Waals surface area contributed by atoms with Crippen LogP contribution in [0.4, 0.5) is 0 Å². The van der Waals surface area contributed by atoms with E-state index in [1.807, 2.05) is 11.9 Å². The summed E-state index contributed by atoms with van der Waals surface area (Å²) in [5.74, 6) is 0. The third kappa shape index (κ3) is 0.790. The van der Waals surface area contributed by atoms with Gasteiger partial charge in [-0.3, -0.25) is 0 Å². The van der Waals surface area contributed by atoms with E-state index in [9.17, 15) is 0 Å². The molecule has 0 amide bonds. The summed E-state index contributed by atoms with van der Waals surface area (Å²) in [6.07, 6.45) is 0.333. The quantitative estimate of drug-likeness (QED) is 0.442. The van der Waals surface area contributed by atoms with Crippen molar-refractivity contribution in [2.24, 2.45) is 5.22 Å². The second-order valence-electron chi connectivity index (χ2n) is 1.80. The Balaban J connectivity index is 2.38. The molecule has 1 heterocycles. The number of rotatable bonds is 1. The Hall–Kier alpha value is -0.640. The predicted octanol–water partition coefficient (Wildman–Crippen LogP) is -1.38. The van der Waals surface area contributed by atoms with Gasteiger partial charge in [0, 0.05) is 6.54 Å². The maximum Gasteiger partial charge on any atom is 0.201 e. The number of hydrogen-bond acceptors (Lipinski definition) is 3. The van der Waals surface area contributed by atoms with Gasteiger partial charge < -0.3 is 0 Å². The van der Waals surface area contributed by atoms with E-state index in [1.165, 1.54) is 0 Å². The van der Waals surface area contributed by atoms with E-state index in [2.05, 4.69) is 22.8 Å². The second kappa shape index (κ2) is 2.09. The van der Waals surface area contributed by atoms with Crippen LogP contribution < -0.4 is 10.6 Å². The first-order chi connectivity index (χ1) is 3.84. The van der Waals surface area contributed by atoms with E-state index in [0.717, 1.165) is 6.54 Å². The SMILES string of the molecule is CCN1NN=[NH+]C1C. The lowest BCUT2D eigenvalue weighted by molar-refractivity contribution is -0.568. The molecular weight excluding hydrogens is 104 g/mol. The zero-order valence-electron chi connectivity index (χ0n) is 5.18. The standard InChI is InChI=1S/C4H10N4/c1-3-8-4(2)5-6-7-8/h4H,3H2,1-2H3,(H,5,7)/p+1. The zero-order chi connectivity index (χ0) is 5.98. The molecule has 1 atom stereocenters. The van der Waals surface area contributed by atoms with Crippen molar-refractivity contribution in [3.05, 3.63) is 0 Å². The third-order valence-electron chi connectivity index (χ3n) is 1.24. The van der Waals surface area contributed by atoms with Gasteiger partial charge >= 0.3 is 0 Å². The highest BCUT2D eigenvalue weighted by molar-refractivity contribution is 4.44. The minimum absolute atomic E-state index is 0.333. The number of hydrazine groups is 1. The molecule has 0 saturated heterocycles. The number of nitrogens with zero attached hydrogens (tertiary/aromatic N) is 2. The van der Waals surface area contributed by atoms with Crippen LogP contribution in [0, 0.1) is 0 Å². The van der Waals surface area contributed by atoms with Crippen LogP contribution in [0.3, 0.4) is 0 Å². The van der Waals surface area contributed by atoms with Crippen molar-refractivity contribution < 1.29 is 5.11 Å². The average Bonchev–Trinajstić information content (AvgIpc) is 2.14. The molecule has 4 heteroatoms. The van der Waals surface area contributed by atoms with Gasteiger partial charge in [0.25, 0.3) is 0 Å². The van der Waals surface area contributed by atoms with E-state index >= 15 is 0 Å². The second-order valence-corrected chi connectivity index (χ2v) is 1.80. The van der Waals surface area contributed by atoms with Crippen molar-refractivity contribution in [2.75, 3.05) is 6.54 Å². The summed E-state index contributed by atoms with van der Waals surface area (Å²) in [5, 5.41) is 8.60. The molecule has 0 aromatic carbocycles. The summed E-state index contributed by atoms with van der Waals surface area (Å²) in [5.41, 5.74) is 2.80. The molecule has 0 fully saturated rings. The first kappa shape index (κ1) is 5.50. The first-order valence-electron chi connectivity index (χ1n) is 2.82. The maximum atomic E-state index is 3.74. The summed E-state index contributed by atoms with van der Waals surface area (Å²) in [4.78, 5) is 0. The van der Waals surface area contributed by atoms with Crippen molar-refractivity contribution in [1.29, 1.82) is 0 Å². The fourth-order valence-electron chi connectivity index (χ4n) is 0.687. The Morgan fingerprint density at radius 3 is 2.88 bits per heavy atom. The molecule has 8 heavy (non-hydrogen) atoms. The molecule has 0 aromatic rings. The Morgan fingerprint density at radius 1 is 1.88 bits per heavy atom.